The second-order valence-electron chi connectivity index (χ2n) is 7.27. The van der Waals surface area contributed by atoms with Gasteiger partial charge in [0.1, 0.15) is 0 Å². The van der Waals surface area contributed by atoms with Crippen LogP contribution in [0.2, 0.25) is 0 Å². The average Bonchev–Trinajstić information content (AvgIpc) is 2.97. The normalized spacial score (nSPS) is 24.9. The summed E-state index contributed by atoms with van der Waals surface area (Å²) in [6, 6.07) is 6.64. The number of nitrogens with one attached hydrogen (secondary N) is 1. The smallest absolute Gasteiger partial charge is 0.285 e. The fourth-order valence-electron chi connectivity index (χ4n) is 3.72. The molecule has 2 N–H and O–H groups in total. The van der Waals surface area contributed by atoms with Gasteiger partial charge in [-0.05, 0) is 44.4 Å². The van der Waals surface area contributed by atoms with Crippen molar-refractivity contribution >= 4 is 29.1 Å². The van der Waals surface area contributed by atoms with Crippen molar-refractivity contribution in [2.45, 2.75) is 38.7 Å². The molecule has 0 spiro atoms. The van der Waals surface area contributed by atoms with Gasteiger partial charge < -0.3 is 15.3 Å². The predicted octanol–water partition coefficient (Wildman–Crippen LogP) is 1.15. The molecule has 0 bridgehead atoms. The monoisotopic (exact) mass is 386 g/mol. The first kappa shape index (κ1) is 20.0. The SMILES string of the molecule is CC[C@@]1(O)C(=O)N(c2cccc(C(=O)N3CCC[C@@H](C(=O)NC)C3)c2)N=C1C. The molecule has 8 nitrogen and oxygen atoms in total. The molecule has 0 unspecified atom stereocenters. The summed E-state index contributed by atoms with van der Waals surface area (Å²) in [6.45, 7) is 4.30. The molecule has 8 heteroatoms. The molecule has 2 heterocycles. The highest BCUT2D eigenvalue weighted by atomic mass is 16.3. The first-order valence-corrected chi connectivity index (χ1v) is 9.55. The predicted molar refractivity (Wildman–Crippen MR) is 105 cm³/mol. The average molecular weight is 386 g/mol. The Hall–Kier alpha value is -2.74. The van der Waals surface area contributed by atoms with Crippen molar-refractivity contribution in [3.63, 3.8) is 0 Å². The third kappa shape index (κ3) is 3.40. The fourth-order valence-corrected chi connectivity index (χ4v) is 3.72. The van der Waals surface area contributed by atoms with Gasteiger partial charge in [-0.3, -0.25) is 14.4 Å². The first-order chi connectivity index (χ1) is 13.3. The summed E-state index contributed by atoms with van der Waals surface area (Å²) < 4.78 is 0. The van der Waals surface area contributed by atoms with Gasteiger partial charge in [0.05, 0.1) is 17.3 Å². The molecule has 28 heavy (non-hydrogen) atoms. The number of nitrogens with zero attached hydrogens (tertiary/aromatic N) is 3. The molecule has 2 atom stereocenters. The van der Waals surface area contributed by atoms with E-state index < -0.39 is 11.5 Å². The number of likely N-dealkylation sites (tertiary alicyclic amines) is 1. The standard InChI is InChI=1S/C20H26N4O4/c1-4-20(28)13(2)22-24(19(20)27)16-9-5-7-14(11-16)18(26)23-10-6-8-15(12-23)17(25)21-3/h5,7,9,11,15,28H,4,6,8,10,12H2,1-3H3,(H,21,25)/t15-,20+/m1/s1. The van der Waals surface area contributed by atoms with Gasteiger partial charge in [0.25, 0.3) is 11.8 Å². The highest BCUT2D eigenvalue weighted by Gasteiger charge is 2.46. The van der Waals surface area contributed by atoms with Crippen LogP contribution in [0, 0.1) is 5.92 Å². The molecular formula is C20H26N4O4. The molecule has 0 saturated carbocycles. The Bertz CT molecular complexity index is 837. The van der Waals surface area contributed by atoms with Crippen LogP contribution in [0.5, 0.6) is 0 Å². The van der Waals surface area contributed by atoms with Crippen LogP contribution in [0.15, 0.2) is 29.4 Å². The Balaban J connectivity index is 1.81. The number of piperidine rings is 1. The molecule has 1 aromatic carbocycles. The van der Waals surface area contributed by atoms with Crippen molar-refractivity contribution in [1.29, 1.82) is 0 Å². The maximum atomic E-state index is 13.0. The number of hydrogen-bond acceptors (Lipinski definition) is 5. The van der Waals surface area contributed by atoms with Crippen LogP contribution in [0.25, 0.3) is 0 Å². The quantitative estimate of drug-likeness (QED) is 0.810. The van der Waals surface area contributed by atoms with E-state index in [4.69, 9.17) is 0 Å². The van der Waals surface area contributed by atoms with E-state index in [0.29, 0.717) is 30.1 Å². The van der Waals surface area contributed by atoms with Crippen LogP contribution in [-0.2, 0) is 9.59 Å². The van der Waals surface area contributed by atoms with E-state index >= 15 is 0 Å². The zero-order chi connectivity index (χ0) is 20.5. The molecule has 0 radical (unpaired) electrons. The van der Waals surface area contributed by atoms with Crippen molar-refractivity contribution in [1.82, 2.24) is 10.2 Å². The second kappa shape index (κ2) is 7.71. The number of hydrogen-bond donors (Lipinski definition) is 2. The zero-order valence-corrected chi connectivity index (χ0v) is 16.4. The van der Waals surface area contributed by atoms with Crippen molar-refractivity contribution in [3.8, 4) is 0 Å². The van der Waals surface area contributed by atoms with Gasteiger partial charge in [-0.25, -0.2) is 0 Å². The van der Waals surface area contributed by atoms with E-state index in [2.05, 4.69) is 10.4 Å². The van der Waals surface area contributed by atoms with Crippen molar-refractivity contribution in [2.75, 3.05) is 25.1 Å². The van der Waals surface area contributed by atoms with Gasteiger partial charge in [0, 0.05) is 25.7 Å². The maximum absolute atomic E-state index is 13.0. The summed E-state index contributed by atoms with van der Waals surface area (Å²) >= 11 is 0. The summed E-state index contributed by atoms with van der Waals surface area (Å²) in [4.78, 5) is 39.2. The van der Waals surface area contributed by atoms with Crippen molar-refractivity contribution in [3.05, 3.63) is 29.8 Å². The van der Waals surface area contributed by atoms with Gasteiger partial charge in [0.15, 0.2) is 5.60 Å². The first-order valence-electron chi connectivity index (χ1n) is 9.55. The third-order valence-corrected chi connectivity index (χ3v) is 5.57. The van der Waals surface area contributed by atoms with E-state index in [1.807, 2.05) is 0 Å². The summed E-state index contributed by atoms with van der Waals surface area (Å²) in [7, 11) is 1.60. The topological polar surface area (TPSA) is 102 Å². The number of anilines is 1. The van der Waals surface area contributed by atoms with Crippen LogP contribution in [0.4, 0.5) is 5.69 Å². The number of benzene rings is 1. The van der Waals surface area contributed by atoms with E-state index in [-0.39, 0.29) is 24.2 Å². The van der Waals surface area contributed by atoms with Gasteiger partial charge >= 0.3 is 0 Å². The lowest BCUT2D eigenvalue weighted by molar-refractivity contribution is -0.129. The van der Waals surface area contributed by atoms with Gasteiger partial charge in [-0.15, -0.1) is 0 Å². The minimum atomic E-state index is -1.60. The number of amides is 3. The van der Waals surface area contributed by atoms with Gasteiger partial charge in [-0.1, -0.05) is 13.0 Å². The molecule has 2 aliphatic rings. The molecule has 1 saturated heterocycles. The number of carbonyl (C=O) groups excluding carboxylic acids is 3. The zero-order valence-electron chi connectivity index (χ0n) is 16.4. The highest BCUT2D eigenvalue weighted by Crippen LogP contribution is 2.29. The maximum Gasteiger partial charge on any atom is 0.285 e. The van der Waals surface area contributed by atoms with Crippen LogP contribution in [0.3, 0.4) is 0 Å². The Morgan fingerprint density at radius 2 is 2.14 bits per heavy atom. The van der Waals surface area contributed by atoms with Crippen LogP contribution < -0.4 is 10.3 Å². The molecule has 1 aromatic rings. The van der Waals surface area contributed by atoms with Crippen molar-refractivity contribution in [2.24, 2.45) is 11.0 Å². The third-order valence-electron chi connectivity index (χ3n) is 5.57. The van der Waals surface area contributed by atoms with Crippen LogP contribution in [-0.4, -0.2) is 59.2 Å². The number of rotatable bonds is 4. The lowest BCUT2D eigenvalue weighted by Gasteiger charge is -2.32. The largest absolute Gasteiger partial charge is 0.374 e. The van der Waals surface area contributed by atoms with E-state index in [1.54, 1.807) is 50.1 Å². The van der Waals surface area contributed by atoms with Crippen molar-refractivity contribution < 1.29 is 19.5 Å². The fraction of sp³-hybridized carbons (Fsp3) is 0.500. The van der Waals surface area contributed by atoms with Crippen LogP contribution in [0.1, 0.15) is 43.5 Å². The minimum Gasteiger partial charge on any atom is -0.374 e. The summed E-state index contributed by atoms with van der Waals surface area (Å²) in [5.74, 6) is -0.973. The summed E-state index contributed by atoms with van der Waals surface area (Å²) in [5.41, 5.74) is -0.420. The molecule has 3 rings (SSSR count). The second-order valence-corrected chi connectivity index (χ2v) is 7.27. The van der Waals surface area contributed by atoms with Crippen LogP contribution >= 0.6 is 0 Å². The highest BCUT2D eigenvalue weighted by molar-refractivity contribution is 6.21. The Labute approximate surface area is 164 Å². The number of hydrazone groups is 1. The molecule has 0 aromatic heterocycles. The lowest BCUT2D eigenvalue weighted by atomic mass is 9.95. The Kier molecular flexibility index (Phi) is 5.51. The van der Waals surface area contributed by atoms with Gasteiger partial charge in [-0.2, -0.15) is 10.1 Å². The van der Waals surface area contributed by atoms with E-state index in [9.17, 15) is 19.5 Å². The summed E-state index contributed by atoms with van der Waals surface area (Å²) in [5, 5.41) is 18.5. The lowest BCUT2D eigenvalue weighted by Crippen LogP contribution is -2.45. The number of carbonyl (C=O) groups is 3. The van der Waals surface area contributed by atoms with E-state index in [0.717, 1.165) is 17.9 Å². The molecular weight excluding hydrogens is 360 g/mol. The minimum absolute atomic E-state index is 0.0578. The van der Waals surface area contributed by atoms with E-state index in [1.165, 1.54) is 0 Å². The molecule has 2 aliphatic heterocycles. The Morgan fingerprint density at radius 1 is 1.39 bits per heavy atom. The summed E-state index contributed by atoms with van der Waals surface area (Å²) in [6.07, 6.45) is 1.75. The molecule has 1 fully saturated rings. The molecule has 150 valence electrons. The Morgan fingerprint density at radius 3 is 2.79 bits per heavy atom. The number of aliphatic hydroxyl groups is 1. The van der Waals surface area contributed by atoms with Gasteiger partial charge in [0.2, 0.25) is 5.91 Å². The molecule has 0 aliphatic carbocycles. The molecule has 3 amide bonds.